The first-order chi connectivity index (χ1) is 8.80. The number of anilines is 1. The first-order valence-corrected chi connectivity index (χ1v) is 6.06. The van der Waals surface area contributed by atoms with E-state index in [0.29, 0.717) is 12.2 Å². The molecule has 2 N–H and O–H groups in total. The predicted molar refractivity (Wildman–Crippen MR) is 72.1 cm³/mol. The Hall–Kier alpha value is -2.09. The average molecular weight is 263 g/mol. The van der Waals surface area contributed by atoms with Crippen LogP contribution in [-0.2, 0) is 4.79 Å². The van der Waals surface area contributed by atoms with Crippen molar-refractivity contribution < 1.29 is 9.18 Å². The Labute approximate surface area is 112 Å². The van der Waals surface area contributed by atoms with E-state index in [0.717, 1.165) is 6.07 Å². The Kier molecular flexibility index (Phi) is 4.87. The van der Waals surface area contributed by atoms with E-state index in [-0.39, 0.29) is 23.4 Å². The first-order valence-electron chi connectivity index (χ1n) is 6.06. The number of amides is 1. The molecule has 0 aliphatic heterocycles. The van der Waals surface area contributed by atoms with Crippen LogP contribution in [0.2, 0.25) is 0 Å². The number of halogens is 1. The SMILES string of the molecule is CC(C)(C)NC(=O)CCNc1cc(F)cc(C#N)c1. The fraction of sp³-hybridized carbons (Fsp3) is 0.429. The molecule has 0 bridgehead atoms. The lowest BCUT2D eigenvalue weighted by Crippen LogP contribution is -2.41. The number of hydrogen-bond donors (Lipinski definition) is 2. The molecule has 102 valence electrons. The number of carbonyl (C=O) groups excluding carboxylic acids is 1. The van der Waals surface area contributed by atoms with Crippen LogP contribution in [0.5, 0.6) is 0 Å². The van der Waals surface area contributed by atoms with Gasteiger partial charge in [-0.25, -0.2) is 4.39 Å². The Morgan fingerprint density at radius 3 is 2.63 bits per heavy atom. The molecule has 0 spiro atoms. The third-order valence-electron chi connectivity index (χ3n) is 2.22. The van der Waals surface area contributed by atoms with Gasteiger partial charge in [0.2, 0.25) is 5.91 Å². The van der Waals surface area contributed by atoms with Crippen LogP contribution < -0.4 is 10.6 Å². The lowest BCUT2D eigenvalue weighted by molar-refractivity contribution is -0.122. The van der Waals surface area contributed by atoms with Crippen molar-refractivity contribution in [2.75, 3.05) is 11.9 Å². The highest BCUT2D eigenvalue weighted by molar-refractivity contribution is 5.77. The molecule has 0 radical (unpaired) electrons. The minimum atomic E-state index is -0.472. The molecule has 0 unspecified atom stereocenters. The van der Waals surface area contributed by atoms with Crippen molar-refractivity contribution in [3.05, 3.63) is 29.6 Å². The van der Waals surface area contributed by atoms with Crippen LogP contribution in [-0.4, -0.2) is 18.0 Å². The molecule has 1 aromatic rings. The molecule has 1 amide bonds. The maximum absolute atomic E-state index is 13.2. The highest BCUT2D eigenvalue weighted by Crippen LogP contribution is 2.13. The van der Waals surface area contributed by atoms with Gasteiger partial charge in [0.15, 0.2) is 0 Å². The summed E-state index contributed by atoms with van der Waals surface area (Å²) in [6.07, 6.45) is 0.287. The fourth-order valence-electron chi connectivity index (χ4n) is 1.56. The number of hydrogen-bond acceptors (Lipinski definition) is 3. The molecule has 0 saturated carbocycles. The lowest BCUT2D eigenvalue weighted by Gasteiger charge is -2.20. The summed E-state index contributed by atoms with van der Waals surface area (Å²) >= 11 is 0. The van der Waals surface area contributed by atoms with Crippen molar-refractivity contribution in [3.63, 3.8) is 0 Å². The van der Waals surface area contributed by atoms with Crippen LogP contribution in [0.1, 0.15) is 32.8 Å². The highest BCUT2D eigenvalue weighted by Gasteiger charge is 2.13. The van der Waals surface area contributed by atoms with Gasteiger partial charge in [-0.1, -0.05) is 0 Å². The minimum Gasteiger partial charge on any atom is -0.384 e. The molecule has 0 saturated heterocycles. The monoisotopic (exact) mass is 263 g/mol. The molecule has 19 heavy (non-hydrogen) atoms. The number of nitrogens with one attached hydrogen (secondary N) is 2. The fourth-order valence-corrected chi connectivity index (χ4v) is 1.56. The van der Waals surface area contributed by atoms with Crippen molar-refractivity contribution >= 4 is 11.6 Å². The third kappa shape index (κ3) is 5.87. The molecular weight excluding hydrogens is 245 g/mol. The summed E-state index contributed by atoms with van der Waals surface area (Å²) in [6.45, 7) is 6.11. The quantitative estimate of drug-likeness (QED) is 0.876. The van der Waals surface area contributed by atoms with Crippen molar-refractivity contribution in [1.82, 2.24) is 5.32 Å². The Bertz CT molecular complexity index is 500. The standard InChI is InChI=1S/C14H18FN3O/c1-14(2,3)18-13(19)4-5-17-12-7-10(9-16)6-11(15)8-12/h6-8,17H,4-5H2,1-3H3,(H,18,19). The van der Waals surface area contributed by atoms with Gasteiger partial charge in [0.25, 0.3) is 0 Å². The van der Waals surface area contributed by atoms with E-state index in [1.54, 1.807) is 6.07 Å². The van der Waals surface area contributed by atoms with E-state index >= 15 is 0 Å². The maximum Gasteiger partial charge on any atom is 0.222 e. The van der Waals surface area contributed by atoms with Crippen molar-refractivity contribution in [1.29, 1.82) is 5.26 Å². The smallest absolute Gasteiger partial charge is 0.222 e. The van der Waals surface area contributed by atoms with E-state index in [4.69, 9.17) is 5.26 Å². The van der Waals surface area contributed by atoms with Crippen LogP contribution in [0.3, 0.4) is 0 Å². The van der Waals surface area contributed by atoms with Gasteiger partial charge >= 0.3 is 0 Å². The molecule has 0 heterocycles. The average Bonchev–Trinajstić information content (AvgIpc) is 2.25. The summed E-state index contributed by atoms with van der Waals surface area (Å²) in [5, 5.41) is 14.5. The summed E-state index contributed by atoms with van der Waals surface area (Å²) in [7, 11) is 0. The lowest BCUT2D eigenvalue weighted by atomic mass is 10.1. The van der Waals surface area contributed by atoms with Gasteiger partial charge in [-0.3, -0.25) is 4.79 Å². The van der Waals surface area contributed by atoms with E-state index in [2.05, 4.69) is 10.6 Å². The largest absolute Gasteiger partial charge is 0.384 e. The van der Waals surface area contributed by atoms with Gasteiger partial charge in [0.05, 0.1) is 11.6 Å². The predicted octanol–water partition coefficient (Wildman–Crippen LogP) is 2.41. The number of nitrogens with zero attached hydrogens (tertiary/aromatic N) is 1. The summed E-state index contributed by atoms with van der Waals surface area (Å²) in [5.41, 5.74) is 0.492. The molecule has 5 heteroatoms. The molecular formula is C14H18FN3O. The molecule has 0 aliphatic carbocycles. The second-order valence-electron chi connectivity index (χ2n) is 5.32. The van der Waals surface area contributed by atoms with Gasteiger partial charge in [0.1, 0.15) is 5.82 Å². The van der Waals surface area contributed by atoms with Crippen molar-refractivity contribution in [2.45, 2.75) is 32.7 Å². The molecule has 0 fully saturated rings. The van der Waals surface area contributed by atoms with Crippen LogP contribution >= 0.6 is 0 Å². The number of rotatable bonds is 4. The van der Waals surface area contributed by atoms with Crippen LogP contribution in [0.25, 0.3) is 0 Å². The van der Waals surface area contributed by atoms with E-state index in [1.807, 2.05) is 26.8 Å². The van der Waals surface area contributed by atoms with Gasteiger partial charge in [-0.15, -0.1) is 0 Å². The molecule has 0 aliphatic rings. The highest BCUT2D eigenvalue weighted by atomic mass is 19.1. The van der Waals surface area contributed by atoms with Crippen molar-refractivity contribution in [2.24, 2.45) is 0 Å². The van der Waals surface area contributed by atoms with E-state index in [1.165, 1.54) is 6.07 Å². The summed E-state index contributed by atoms with van der Waals surface area (Å²) in [6, 6.07) is 5.88. The van der Waals surface area contributed by atoms with E-state index < -0.39 is 5.82 Å². The minimum absolute atomic E-state index is 0.0723. The second kappa shape index (κ2) is 6.19. The van der Waals surface area contributed by atoms with Gasteiger partial charge in [0, 0.05) is 24.2 Å². The summed E-state index contributed by atoms with van der Waals surface area (Å²) < 4.78 is 13.2. The topological polar surface area (TPSA) is 64.9 Å². The zero-order chi connectivity index (χ0) is 14.5. The van der Waals surface area contributed by atoms with E-state index in [9.17, 15) is 9.18 Å². The first kappa shape index (κ1) is 15.0. The molecule has 0 aromatic heterocycles. The van der Waals surface area contributed by atoms with Gasteiger partial charge < -0.3 is 10.6 Å². The molecule has 4 nitrogen and oxygen atoms in total. The van der Waals surface area contributed by atoms with Crippen molar-refractivity contribution in [3.8, 4) is 6.07 Å². The Morgan fingerprint density at radius 1 is 1.37 bits per heavy atom. The number of nitriles is 1. The number of benzene rings is 1. The van der Waals surface area contributed by atoms with Crippen LogP contribution in [0, 0.1) is 17.1 Å². The summed E-state index contributed by atoms with van der Waals surface area (Å²) in [5.74, 6) is -0.544. The van der Waals surface area contributed by atoms with Gasteiger partial charge in [-0.05, 0) is 39.0 Å². The molecule has 1 rings (SSSR count). The number of carbonyl (C=O) groups is 1. The molecule has 1 aromatic carbocycles. The third-order valence-corrected chi connectivity index (χ3v) is 2.22. The Balaban J connectivity index is 2.48. The zero-order valence-electron chi connectivity index (χ0n) is 11.4. The molecule has 0 atom stereocenters. The maximum atomic E-state index is 13.2. The van der Waals surface area contributed by atoms with Crippen LogP contribution in [0.15, 0.2) is 18.2 Å². The zero-order valence-corrected chi connectivity index (χ0v) is 11.4. The van der Waals surface area contributed by atoms with Gasteiger partial charge in [-0.2, -0.15) is 5.26 Å². The second-order valence-corrected chi connectivity index (χ2v) is 5.32. The Morgan fingerprint density at radius 2 is 2.05 bits per heavy atom. The summed E-state index contributed by atoms with van der Waals surface area (Å²) in [4.78, 5) is 11.6. The normalized spacial score (nSPS) is 10.7. The van der Waals surface area contributed by atoms with Crippen LogP contribution in [0.4, 0.5) is 10.1 Å².